The van der Waals surface area contributed by atoms with E-state index in [2.05, 4.69) is 59.6 Å². The number of hydrogen-bond donors (Lipinski definition) is 1. The Hall–Kier alpha value is -1.07. The first kappa shape index (κ1) is 15.3. The van der Waals surface area contributed by atoms with Crippen LogP contribution >= 0.6 is 0 Å². The minimum absolute atomic E-state index is 0.607. The number of likely N-dealkylation sites (N-methyl/N-ethyl adjacent to an activating group) is 1. The Morgan fingerprint density at radius 2 is 2.05 bits per heavy atom. The van der Waals surface area contributed by atoms with E-state index in [0.29, 0.717) is 6.04 Å². The largest absolute Gasteiger partial charge is 0.354 e. The van der Waals surface area contributed by atoms with Gasteiger partial charge in [0, 0.05) is 44.8 Å². The van der Waals surface area contributed by atoms with E-state index in [1.807, 2.05) is 0 Å². The van der Waals surface area contributed by atoms with Crippen LogP contribution in [0.1, 0.15) is 32.0 Å². The summed E-state index contributed by atoms with van der Waals surface area (Å²) in [6.07, 6.45) is 0. The lowest BCUT2D eigenvalue weighted by atomic mass is 10.1. The molecule has 1 unspecified atom stereocenters. The maximum atomic E-state index is 4.62. The van der Waals surface area contributed by atoms with Gasteiger partial charge in [-0.15, -0.1) is 0 Å². The molecule has 1 N–H and O–H groups in total. The molecular formula is C15H29N5. The molecule has 1 aromatic heterocycles. The van der Waals surface area contributed by atoms with Crippen LogP contribution in [0, 0.1) is 6.92 Å². The Kier molecular flexibility index (Phi) is 5.05. The third kappa shape index (κ3) is 2.99. The van der Waals surface area contributed by atoms with Crippen LogP contribution in [0.4, 0.5) is 5.82 Å². The fraction of sp³-hybridized carbons (Fsp3) is 0.800. The van der Waals surface area contributed by atoms with Crippen molar-refractivity contribution in [1.82, 2.24) is 20.0 Å². The van der Waals surface area contributed by atoms with E-state index >= 15 is 0 Å². The highest BCUT2D eigenvalue weighted by Crippen LogP contribution is 2.25. The summed E-state index contributed by atoms with van der Waals surface area (Å²) in [4.78, 5) is 5.05. The zero-order chi connectivity index (χ0) is 14.7. The summed E-state index contributed by atoms with van der Waals surface area (Å²) in [6, 6.07) is 0.607. The van der Waals surface area contributed by atoms with Gasteiger partial charge in [0.15, 0.2) is 0 Å². The molecule has 1 aromatic rings. The average Bonchev–Trinajstić information content (AvgIpc) is 2.70. The zero-order valence-corrected chi connectivity index (χ0v) is 13.6. The average molecular weight is 279 g/mol. The third-order valence-electron chi connectivity index (χ3n) is 4.34. The Morgan fingerprint density at radius 1 is 1.30 bits per heavy atom. The van der Waals surface area contributed by atoms with E-state index in [0.717, 1.165) is 45.0 Å². The molecule has 0 aromatic carbocycles. The molecule has 20 heavy (non-hydrogen) atoms. The number of rotatable bonds is 5. The first-order valence-corrected chi connectivity index (χ1v) is 7.80. The minimum atomic E-state index is 0.607. The van der Waals surface area contributed by atoms with Crippen LogP contribution in [-0.2, 0) is 13.6 Å². The normalized spacial score (nSPS) is 20.6. The van der Waals surface area contributed by atoms with Gasteiger partial charge in [-0.25, -0.2) is 0 Å². The van der Waals surface area contributed by atoms with Crippen molar-refractivity contribution in [1.29, 1.82) is 0 Å². The summed E-state index contributed by atoms with van der Waals surface area (Å²) in [5.74, 6) is 1.30. The molecule has 5 heteroatoms. The molecule has 0 bridgehead atoms. The van der Waals surface area contributed by atoms with Crippen molar-refractivity contribution in [2.24, 2.45) is 7.05 Å². The predicted molar refractivity (Wildman–Crippen MR) is 84.2 cm³/mol. The number of hydrogen-bond acceptors (Lipinski definition) is 4. The predicted octanol–water partition coefficient (Wildman–Crippen LogP) is 1.37. The summed E-state index contributed by atoms with van der Waals surface area (Å²) >= 11 is 0. The highest BCUT2D eigenvalue weighted by molar-refractivity contribution is 5.50. The van der Waals surface area contributed by atoms with Gasteiger partial charge in [0.2, 0.25) is 0 Å². The monoisotopic (exact) mass is 279 g/mol. The maximum Gasteiger partial charge on any atom is 0.131 e. The number of piperazine rings is 1. The van der Waals surface area contributed by atoms with E-state index in [1.165, 1.54) is 11.4 Å². The molecule has 0 saturated carbocycles. The lowest BCUT2D eigenvalue weighted by molar-refractivity contribution is 0.198. The van der Waals surface area contributed by atoms with Crippen LogP contribution in [0.3, 0.4) is 0 Å². The van der Waals surface area contributed by atoms with Crippen molar-refractivity contribution in [3.63, 3.8) is 0 Å². The molecule has 114 valence electrons. The van der Waals surface area contributed by atoms with Crippen LogP contribution in [-0.4, -0.2) is 53.4 Å². The maximum absolute atomic E-state index is 4.62. The van der Waals surface area contributed by atoms with E-state index in [9.17, 15) is 0 Å². The fourth-order valence-electron chi connectivity index (χ4n) is 3.20. The van der Waals surface area contributed by atoms with Crippen LogP contribution in [0.5, 0.6) is 0 Å². The quantitative estimate of drug-likeness (QED) is 0.883. The summed E-state index contributed by atoms with van der Waals surface area (Å²) < 4.78 is 2.05. The van der Waals surface area contributed by atoms with Crippen LogP contribution < -0.4 is 10.2 Å². The molecule has 1 saturated heterocycles. The second-order valence-corrected chi connectivity index (χ2v) is 5.72. The second kappa shape index (κ2) is 6.59. The SMILES string of the molecule is CCNCc1c(C)nn(C)c1N1CCN(CC)C(C)C1. The number of nitrogens with one attached hydrogen (secondary N) is 1. The molecule has 5 nitrogen and oxygen atoms in total. The number of anilines is 1. The van der Waals surface area contributed by atoms with Crippen LogP contribution in [0.2, 0.25) is 0 Å². The number of aromatic nitrogens is 2. The van der Waals surface area contributed by atoms with Gasteiger partial charge in [0.05, 0.1) is 5.69 Å². The van der Waals surface area contributed by atoms with E-state index in [4.69, 9.17) is 0 Å². The van der Waals surface area contributed by atoms with Gasteiger partial charge in [0.25, 0.3) is 0 Å². The van der Waals surface area contributed by atoms with Crippen molar-refractivity contribution in [2.75, 3.05) is 37.6 Å². The van der Waals surface area contributed by atoms with Crippen LogP contribution in [0.15, 0.2) is 0 Å². The zero-order valence-electron chi connectivity index (χ0n) is 13.6. The smallest absolute Gasteiger partial charge is 0.131 e. The first-order chi connectivity index (χ1) is 9.58. The first-order valence-electron chi connectivity index (χ1n) is 7.80. The van der Waals surface area contributed by atoms with Crippen molar-refractivity contribution in [3.8, 4) is 0 Å². The molecule has 2 rings (SSSR count). The van der Waals surface area contributed by atoms with Crippen LogP contribution in [0.25, 0.3) is 0 Å². The molecule has 1 aliphatic heterocycles. The van der Waals surface area contributed by atoms with Crippen molar-refractivity contribution < 1.29 is 0 Å². The summed E-state index contributed by atoms with van der Waals surface area (Å²) in [5.41, 5.74) is 2.50. The standard InChI is InChI=1S/C15H29N5/c1-6-16-10-14-13(4)17-18(5)15(14)20-9-8-19(7-2)12(3)11-20/h12,16H,6-11H2,1-5H3. The van der Waals surface area contributed by atoms with Gasteiger partial charge >= 0.3 is 0 Å². The molecular weight excluding hydrogens is 250 g/mol. The van der Waals surface area contributed by atoms with E-state index in [-0.39, 0.29) is 0 Å². The highest BCUT2D eigenvalue weighted by atomic mass is 15.4. The summed E-state index contributed by atoms with van der Waals surface area (Å²) in [5, 5.41) is 8.06. The Balaban J connectivity index is 2.20. The lowest BCUT2D eigenvalue weighted by Gasteiger charge is -2.40. The summed E-state index contributed by atoms with van der Waals surface area (Å²) in [6.45, 7) is 15.2. The Bertz CT molecular complexity index is 440. The molecule has 0 aliphatic carbocycles. The van der Waals surface area contributed by atoms with E-state index < -0.39 is 0 Å². The molecule has 0 spiro atoms. The molecule has 1 fully saturated rings. The third-order valence-corrected chi connectivity index (χ3v) is 4.34. The van der Waals surface area contributed by atoms with Gasteiger partial charge in [-0.3, -0.25) is 9.58 Å². The highest BCUT2D eigenvalue weighted by Gasteiger charge is 2.26. The molecule has 1 aliphatic rings. The molecule has 0 amide bonds. The molecule has 1 atom stereocenters. The fourth-order valence-corrected chi connectivity index (χ4v) is 3.20. The Labute approximate surface area is 122 Å². The van der Waals surface area contributed by atoms with Gasteiger partial charge in [0.1, 0.15) is 5.82 Å². The molecule has 2 heterocycles. The van der Waals surface area contributed by atoms with Gasteiger partial charge in [-0.2, -0.15) is 5.10 Å². The Morgan fingerprint density at radius 3 is 2.65 bits per heavy atom. The van der Waals surface area contributed by atoms with Crippen molar-refractivity contribution >= 4 is 5.82 Å². The van der Waals surface area contributed by atoms with Gasteiger partial charge in [-0.05, 0) is 26.9 Å². The van der Waals surface area contributed by atoms with Crippen molar-refractivity contribution in [2.45, 2.75) is 40.3 Å². The van der Waals surface area contributed by atoms with Gasteiger partial charge < -0.3 is 10.2 Å². The minimum Gasteiger partial charge on any atom is -0.354 e. The lowest BCUT2D eigenvalue weighted by Crippen LogP contribution is -2.52. The number of aryl methyl sites for hydroxylation is 2. The van der Waals surface area contributed by atoms with Gasteiger partial charge in [-0.1, -0.05) is 13.8 Å². The second-order valence-electron chi connectivity index (χ2n) is 5.72. The summed E-state index contributed by atoms with van der Waals surface area (Å²) in [7, 11) is 2.06. The number of nitrogens with zero attached hydrogens (tertiary/aromatic N) is 4. The van der Waals surface area contributed by atoms with Crippen molar-refractivity contribution in [3.05, 3.63) is 11.3 Å². The van der Waals surface area contributed by atoms with E-state index in [1.54, 1.807) is 0 Å². The topological polar surface area (TPSA) is 36.3 Å². The molecule has 0 radical (unpaired) electrons.